The number of aliphatic carboxylic acids is 1. The summed E-state index contributed by atoms with van der Waals surface area (Å²) in [5.41, 5.74) is 5.46. The average molecular weight is 337 g/mol. The van der Waals surface area contributed by atoms with E-state index in [1.54, 1.807) is 0 Å². The maximum Gasteiger partial charge on any atom is 0.326 e. The predicted molar refractivity (Wildman–Crippen MR) is 89.8 cm³/mol. The zero-order chi connectivity index (χ0) is 18.1. The second-order valence-corrected chi connectivity index (χ2v) is 6.31. The van der Waals surface area contributed by atoms with Gasteiger partial charge in [0, 0.05) is 45.5 Å². The first-order chi connectivity index (χ1) is 11.4. The number of carbonyl (C=O) groups excluding carboxylic acids is 1. The molecule has 1 atom stereocenters. The van der Waals surface area contributed by atoms with Crippen molar-refractivity contribution in [2.75, 3.05) is 39.3 Å². The van der Waals surface area contributed by atoms with Gasteiger partial charge in [0.15, 0.2) is 0 Å². The Morgan fingerprint density at radius 3 is 2.42 bits per heavy atom. The van der Waals surface area contributed by atoms with E-state index in [0.29, 0.717) is 26.1 Å². The summed E-state index contributed by atoms with van der Waals surface area (Å²) in [4.78, 5) is 27.5. The van der Waals surface area contributed by atoms with Gasteiger partial charge < -0.3 is 21.1 Å². The Kier molecular flexibility index (Phi) is 8.22. The van der Waals surface area contributed by atoms with E-state index < -0.39 is 17.9 Å². The summed E-state index contributed by atoms with van der Waals surface area (Å²) >= 11 is 0. The van der Waals surface area contributed by atoms with Crippen LogP contribution in [0.15, 0.2) is 11.8 Å². The topological polar surface area (TPSA) is 123 Å². The van der Waals surface area contributed by atoms with Gasteiger partial charge in [0.2, 0.25) is 0 Å². The summed E-state index contributed by atoms with van der Waals surface area (Å²) in [6, 6.07) is 0.874. The molecule has 134 valence electrons. The lowest BCUT2D eigenvalue weighted by molar-refractivity contribution is -0.141. The quantitative estimate of drug-likeness (QED) is 0.406. The summed E-state index contributed by atoms with van der Waals surface area (Å²) in [6.45, 7) is 8.23. The smallest absolute Gasteiger partial charge is 0.326 e. The molecule has 1 aliphatic heterocycles. The fourth-order valence-corrected chi connectivity index (χ4v) is 2.55. The lowest BCUT2D eigenvalue weighted by Crippen LogP contribution is -2.46. The maximum atomic E-state index is 12.2. The Bertz CT molecular complexity index is 504. The van der Waals surface area contributed by atoms with Crippen molar-refractivity contribution in [1.29, 1.82) is 5.26 Å². The number of carbonyl (C=O) groups is 2. The van der Waals surface area contributed by atoms with E-state index in [2.05, 4.69) is 10.2 Å². The number of amides is 1. The fourth-order valence-electron chi connectivity index (χ4n) is 2.55. The fraction of sp³-hybridized carbons (Fsp3) is 0.688. The van der Waals surface area contributed by atoms with Crippen LogP contribution < -0.4 is 11.1 Å². The lowest BCUT2D eigenvalue weighted by atomic mass is 10.0. The first kappa shape index (κ1) is 19.9. The molecule has 0 aromatic heterocycles. The molecule has 0 bridgehead atoms. The third-order valence-electron chi connectivity index (χ3n) is 3.84. The van der Waals surface area contributed by atoms with E-state index in [4.69, 9.17) is 5.73 Å². The van der Waals surface area contributed by atoms with Crippen molar-refractivity contribution in [2.24, 2.45) is 11.7 Å². The number of nitrogens with one attached hydrogen (secondary N) is 1. The van der Waals surface area contributed by atoms with Crippen LogP contribution in [0, 0.1) is 17.2 Å². The molecule has 1 rings (SSSR count). The monoisotopic (exact) mass is 337 g/mol. The van der Waals surface area contributed by atoms with Crippen LogP contribution in [0.25, 0.3) is 0 Å². The first-order valence-electron chi connectivity index (χ1n) is 8.19. The number of piperazine rings is 1. The van der Waals surface area contributed by atoms with Gasteiger partial charge in [-0.1, -0.05) is 13.8 Å². The van der Waals surface area contributed by atoms with Crippen LogP contribution in [-0.2, 0) is 9.59 Å². The van der Waals surface area contributed by atoms with Crippen LogP contribution in [0.4, 0.5) is 0 Å². The molecule has 1 heterocycles. The van der Waals surface area contributed by atoms with E-state index in [0.717, 1.165) is 19.6 Å². The molecular formula is C16H27N5O3. The number of hydrogen-bond acceptors (Lipinski definition) is 6. The summed E-state index contributed by atoms with van der Waals surface area (Å²) in [5.74, 6) is -1.61. The number of carboxylic acids is 1. The molecule has 1 aliphatic rings. The number of carboxylic acid groups (broad SMARTS) is 1. The van der Waals surface area contributed by atoms with Gasteiger partial charge in [-0.2, -0.15) is 5.26 Å². The minimum absolute atomic E-state index is 0.0720. The van der Waals surface area contributed by atoms with E-state index >= 15 is 0 Å². The second-order valence-electron chi connectivity index (χ2n) is 6.31. The van der Waals surface area contributed by atoms with E-state index in [1.165, 1.54) is 6.20 Å². The molecular weight excluding hydrogens is 310 g/mol. The summed E-state index contributed by atoms with van der Waals surface area (Å²) in [7, 11) is 0. The Balaban J connectivity index is 2.66. The highest BCUT2D eigenvalue weighted by Gasteiger charge is 2.23. The Morgan fingerprint density at radius 2 is 1.96 bits per heavy atom. The van der Waals surface area contributed by atoms with Crippen molar-refractivity contribution in [3.05, 3.63) is 11.8 Å². The summed E-state index contributed by atoms with van der Waals surface area (Å²) < 4.78 is 0. The van der Waals surface area contributed by atoms with Crippen LogP contribution in [-0.4, -0.2) is 72.1 Å². The molecule has 1 unspecified atom stereocenters. The third-order valence-corrected chi connectivity index (χ3v) is 3.84. The van der Waals surface area contributed by atoms with Crippen molar-refractivity contribution in [2.45, 2.75) is 26.3 Å². The summed E-state index contributed by atoms with van der Waals surface area (Å²) in [5, 5.41) is 20.8. The molecule has 0 aromatic carbocycles. The van der Waals surface area contributed by atoms with Gasteiger partial charge in [-0.15, -0.1) is 0 Å². The molecule has 1 fully saturated rings. The normalized spacial score (nSPS) is 17.5. The number of hydrogen-bond donors (Lipinski definition) is 3. The number of nitrogens with two attached hydrogens (primary N) is 1. The van der Waals surface area contributed by atoms with Crippen molar-refractivity contribution in [1.82, 2.24) is 15.1 Å². The van der Waals surface area contributed by atoms with Crippen molar-refractivity contribution < 1.29 is 14.7 Å². The molecule has 24 heavy (non-hydrogen) atoms. The number of nitriles is 1. The van der Waals surface area contributed by atoms with Gasteiger partial charge in [-0.3, -0.25) is 9.69 Å². The van der Waals surface area contributed by atoms with Gasteiger partial charge in [0.05, 0.1) is 0 Å². The average Bonchev–Trinajstić information content (AvgIpc) is 2.53. The largest absolute Gasteiger partial charge is 0.480 e. The van der Waals surface area contributed by atoms with Crippen LogP contribution in [0.5, 0.6) is 0 Å². The van der Waals surface area contributed by atoms with Crippen LogP contribution >= 0.6 is 0 Å². The predicted octanol–water partition coefficient (Wildman–Crippen LogP) is -0.414. The first-order valence-corrected chi connectivity index (χ1v) is 8.19. The van der Waals surface area contributed by atoms with Crippen molar-refractivity contribution in [3.63, 3.8) is 0 Å². The molecule has 0 aromatic rings. The highest BCUT2D eigenvalue weighted by Crippen LogP contribution is 2.08. The van der Waals surface area contributed by atoms with Gasteiger partial charge in [-0.05, 0) is 12.3 Å². The van der Waals surface area contributed by atoms with E-state index in [9.17, 15) is 20.0 Å². The minimum atomic E-state index is -1.09. The van der Waals surface area contributed by atoms with Gasteiger partial charge in [0.25, 0.3) is 5.91 Å². The third kappa shape index (κ3) is 6.56. The molecule has 0 radical (unpaired) electrons. The summed E-state index contributed by atoms with van der Waals surface area (Å²) in [6.07, 6.45) is 1.83. The van der Waals surface area contributed by atoms with Crippen molar-refractivity contribution >= 4 is 11.9 Å². The zero-order valence-electron chi connectivity index (χ0n) is 14.4. The molecule has 1 amide bonds. The maximum absolute atomic E-state index is 12.2. The number of rotatable bonds is 8. The van der Waals surface area contributed by atoms with E-state index in [1.807, 2.05) is 24.8 Å². The highest BCUT2D eigenvalue weighted by atomic mass is 16.4. The van der Waals surface area contributed by atoms with Gasteiger partial charge in [-0.25, -0.2) is 4.79 Å². The van der Waals surface area contributed by atoms with Crippen LogP contribution in [0.3, 0.4) is 0 Å². The Morgan fingerprint density at radius 1 is 1.33 bits per heavy atom. The molecule has 0 saturated carbocycles. The van der Waals surface area contributed by atoms with Gasteiger partial charge >= 0.3 is 5.97 Å². The Hall–Kier alpha value is -2.11. The van der Waals surface area contributed by atoms with E-state index in [-0.39, 0.29) is 11.5 Å². The molecule has 0 spiro atoms. The minimum Gasteiger partial charge on any atom is -0.480 e. The van der Waals surface area contributed by atoms with Crippen LogP contribution in [0.1, 0.15) is 20.3 Å². The molecule has 8 nitrogen and oxygen atoms in total. The standard InChI is InChI=1S/C16H27N5O3/c1-12(2)9-14(16(23)24)19-15(22)13(10-18)11-21-7-5-20(4-3-17)6-8-21/h11-12,14H,3-9,17H2,1-2H3,(H,19,22)(H,23,24)/b13-11-. The SMILES string of the molecule is CC(C)CC(NC(=O)/C(C#N)=C\N1CCN(CCN)CC1)C(=O)O. The highest BCUT2D eigenvalue weighted by molar-refractivity contribution is 5.99. The zero-order valence-corrected chi connectivity index (χ0v) is 14.4. The molecule has 8 heteroatoms. The van der Waals surface area contributed by atoms with Crippen molar-refractivity contribution in [3.8, 4) is 6.07 Å². The second kappa shape index (κ2) is 9.90. The molecule has 0 aliphatic carbocycles. The number of nitrogens with zero attached hydrogens (tertiary/aromatic N) is 3. The molecule has 4 N–H and O–H groups in total. The van der Waals surface area contributed by atoms with Gasteiger partial charge in [0.1, 0.15) is 17.7 Å². The Labute approximate surface area is 142 Å². The lowest BCUT2D eigenvalue weighted by Gasteiger charge is -2.33. The molecule has 1 saturated heterocycles. The van der Waals surface area contributed by atoms with Crippen LogP contribution in [0.2, 0.25) is 0 Å².